The van der Waals surface area contributed by atoms with E-state index in [9.17, 15) is 29.4 Å². The zero-order valence-electron chi connectivity index (χ0n) is 15.7. The Hall–Kier alpha value is -1.17. The number of imidazole rings is 1. The highest BCUT2D eigenvalue weighted by atomic mass is 127. The molecule has 2 aromatic rings. The smallest absolute Gasteiger partial charge is 0.379 e. The molecule has 1 saturated heterocycles. The number of hydrogen-bond donors (Lipinski definition) is 5. The number of nitrogens with two attached hydrogens (primary N) is 1. The number of rotatable bonds is 7. The van der Waals surface area contributed by atoms with E-state index in [1.807, 2.05) is 0 Å². The molecule has 17 heteroatoms. The molecule has 14 nitrogen and oxygen atoms in total. The number of alkyl halides is 1. The van der Waals surface area contributed by atoms with Crippen LogP contribution in [0.2, 0.25) is 5.28 Å². The molecule has 172 valence electrons. The summed E-state index contributed by atoms with van der Waals surface area (Å²) in [5, 5.41) is 20.6. The van der Waals surface area contributed by atoms with E-state index in [-0.39, 0.29) is 28.9 Å². The molecule has 1 unspecified atom stereocenters. The van der Waals surface area contributed by atoms with Crippen molar-refractivity contribution in [2.45, 2.75) is 34.8 Å². The first-order valence-corrected chi connectivity index (χ1v) is 11.7. The third kappa shape index (κ3) is 4.51. The molecule has 3 heterocycles. The lowest BCUT2D eigenvalue weighted by atomic mass is 10.1. The van der Waals surface area contributed by atoms with Crippen LogP contribution in [-0.4, -0.2) is 80.4 Å². The van der Waals surface area contributed by atoms with Gasteiger partial charge >= 0.3 is 16.9 Å². The Kier molecular flexibility index (Phi) is 7.10. The highest BCUT2D eigenvalue weighted by molar-refractivity contribution is 14.1. The lowest BCUT2D eigenvalue weighted by Crippen LogP contribution is -2.41. The molecule has 2 aromatic heterocycles. The zero-order chi connectivity index (χ0) is 23.1. The molecule has 0 saturated carbocycles. The van der Waals surface area contributed by atoms with E-state index >= 15 is 0 Å². The number of hydrogen-bond acceptors (Lipinski definition) is 11. The number of anilines is 1. The van der Waals surface area contributed by atoms with E-state index in [0.717, 1.165) is 22.6 Å². The van der Waals surface area contributed by atoms with Crippen LogP contribution in [0.5, 0.6) is 0 Å². The van der Waals surface area contributed by atoms with Gasteiger partial charge in [-0.1, -0.05) is 0 Å². The highest BCUT2D eigenvalue weighted by Crippen LogP contribution is 2.56. The van der Waals surface area contributed by atoms with Crippen molar-refractivity contribution in [3.05, 3.63) is 11.6 Å². The van der Waals surface area contributed by atoms with Gasteiger partial charge in [0.25, 0.3) is 0 Å². The molecular formula is C14H18ClIN5O9P. The maximum absolute atomic E-state index is 12.1. The molecule has 3 rings (SSSR count). The third-order valence-electron chi connectivity index (χ3n) is 4.37. The molecule has 0 bridgehead atoms. The van der Waals surface area contributed by atoms with Crippen molar-refractivity contribution in [2.75, 3.05) is 18.9 Å². The van der Waals surface area contributed by atoms with Crippen LogP contribution in [0.4, 0.5) is 5.82 Å². The monoisotopic (exact) mass is 593 g/mol. The maximum Gasteiger partial charge on any atom is 0.379 e. The van der Waals surface area contributed by atoms with Crippen molar-refractivity contribution in [1.82, 2.24) is 19.5 Å². The summed E-state index contributed by atoms with van der Waals surface area (Å²) in [5.41, 5.74) is 6.05. The van der Waals surface area contributed by atoms with Crippen LogP contribution in [0.1, 0.15) is 13.2 Å². The predicted molar refractivity (Wildman–Crippen MR) is 112 cm³/mol. The molecule has 1 aliphatic rings. The SMILES string of the molecule is CCOC(=O)C(I)(OC[C@H]1O[C@@H](n2cnc3c(N)nc(Cl)nc32)[C@H](O)[C@@H]1O)P(=O)(O)O. The Morgan fingerprint density at radius 1 is 1.42 bits per heavy atom. The van der Waals surface area contributed by atoms with Crippen molar-refractivity contribution in [2.24, 2.45) is 0 Å². The lowest BCUT2D eigenvalue weighted by molar-refractivity contribution is -0.157. The molecule has 0 amide bonds. The third-order valence-corrected chi connectivity index (χ3v) is 8.24. The number of carbonyl (C=O) groups excluding carboxylic acids is 1. The van der Waals surface area contributed by atoms with Gasteiger partial charge in [-0.05, 0) is 41.1 Å². The average Bonchev–Trinajstić information content (AvgIpc) is 3.21. The summed E-state index contributed by atoms with van der Waals surface area (Å²) in [7, 11) is -5.14. The van der Waals surface area contributed by atoms with Gasteiger partial charge in [0, 0.05) is 0 Å². The number of aliphatic hydroxyl groups excluding tert-OH is 2. The summed E-state index contributed by atoms with van der Waals surface area (Å²) >= 11 is 6.96. The number of nitrogen functional groups attached to an aromatic ring is 1. The predicted octanol–water partition coefficient (Wildman–Crippen LogP) is -0.473. The first-order valence-electron chi connectivity index (χ1n) is 8.63. The number of fused-ring (bicyclic) bond motifs is 1. The Morgan fingerprint density at radius 3 is 2.71 bits per heavy atom. The molecular weight excluding hydrogens is 576 g/mol. The van der Waals surface area contributed by atoms with Crippen LogP contribution in [0, 0.1) is 0 Å². The largest absolute Gasteiger partial charge is 0.463 e. The minimum Gasteiger partial charge on any atom is -0.463 e. The normalized spacial score (nSPS) is 26.2. The van der Waals surface area contributed by atoms with Crippen LogP contribution in [0.15, 0.2) is 6.33 Å². The Bertz CT molecular complexity index is 1040. The van der Waals surface area contributed by atoms with E-state index in [1.54, 1.807) is 0 Å². The fourth-order valence-corrected chi connectivity index (χ4v) is 3.92. The van der Waals surface area contributed by atoms with Gasteiger partial charge in [0.05, 0.1) is 19.5 Å². The van der Waals surface area contributed by atoms with E-state index < -0.39 is 48.1 Å². The fraction of sp³-hybridized carbons (Fsp3) is 0.571. The first-order chi connectivity index (χ1) is 14.4. The number of esters is 1. The quantitative estimate of drug-likeness (QED) is 0.0904. The van der Waals surface area contributed by atoms with Gasteiger partial charge in [0.1, 0.15) is 23.8 Å². The van der Waals surface area contributed by atoms with Crippen molar-refractivity contribution in [1.29, 1.82) is 0 Å². The van der Waals surface area contributed by atoms with Crippen LogP contribution < -0.4 is 5.73 Å². The number of aliphatic hydroxyl groups is 2. The van der Waals surface area contributed by atoms with Crippen LogP contribution in [0.3, 0.4) is 0 Å². The van der Waals surface area contributed by atoms with Crippen LogP contribution in [-0.2, 0) is 23.6 Å². The topological polar surface area (TPSA) is 212 Å². The molecule has 31 heavy (non-hydrogen) atoms. The van der Waals surface area contributed by atoms with Gasteiger partial charge in [0.2, 0.25) is 5.28 Å². The standard InChI is InChI=1S/C14H18ClIN5O9P/c1-2-28-12(24)14(16,31(25,26)27)29-3-5-7(22)8(23)11(30-5)21-4-18-6-9(17)19-13(15)20-10(6)21/h4-5,7-8,11,22-23H,2-3H2,1H3,(H2,17,19,20)(H2,25,26,27)/t5-,7-,8-,11-,14?/m1/s1. The van der Waals surface area contributed by atoms with Crippen molar-refractivity contribution in [3.8, 4) is 0 Å². The van der Waals surface area contributed by atoms with Gasteiger partial charge in [-0.15, -0.1) is 0 Å². The summed E-state index contributed by atoms with van der Waals surface area (Å²) in [5.74, 6) is -1.30. The second-order valence-corrected chi connectivity index (χ2v) is 10.8. The Balaban J connectivity index is 1.83. The second-order valence-electron chi connectivity index (χ2n) is 6.39. The minimum absolute atomic E-state index is 0.00700. The maximum atomic E-state index is 12.1. The molecule has 0 spiro atoms. The van der Waals surface area contributed by atoms with Gasteiger partial charge in [0.15, 0.2) is 17.7 Å². The first kappa shape index (κ1) is 24.5. The number of aromatic nitrogens is 4. The number of ether oxygens (including phenoxy) is 3. The Morgan fingerprint density at radius 2 is 2.10 bits per heavy atom. The molecule has 6 N–H and O–H groups in total. The van der Waals surface area contributed by atoms with Gasteiger partial charge in [-0.25, -0.2) is 9.78 Å². The summed E-state index contributed by atoms with van der Waals surface area (Å²) in [6.07, 6.45) is -4.31. The summed E-state index contributed by atoms with van der Waals surface area (Å²) < 4.78 is 25.9. The molecule has 0 aromatic carbocycles. The minimum atomic E-state index is -5.14. The molecule has 5 atom stereocenters. The van der Waals surface area contributed by atoms with Gasteiger partial charge in [-0.3, -0.25) is 9.13 Å². The van der Waals surface area contributed by atoms with Crippen molar-refractivity contribution < 1.29 is 43.6 Å². The number of nitrogens with zero attached hydrogens (tertiary/aromatic N) is 4. The van der Waals surface area contributed by atoms with Gasteiger partial charge < -0.3 is 39.9 Å². The fourth-order valence-electron chi connectivity index (χ4n) is 2.87. The lowest BCUT2D eigenvalue weighted by Gasteiger charge is -2.27. The van der Waals surface area contributed by atoms with E-state index in [1.165, 1.54) is 17.8 Å². The highest BCUT2D eigenvalue weighted by Gasteiger charge is 2.56. The van der Waals surface area contributed by atoms with Crippen LogP contribution in [0.25, 0.3) is 11.2 Å². The number of carbonyl (C=O) groups is 1. The van der Waals surface area contributed by atoms with E-state index in [4.69, 9.17) is 26.8 Å². The van der Waals surface area contributed by atoms with E-state index in [2.05, 4.69) is 19.7 Å². The molecule has 1 aliphatic heterocycles. The zero-order valence-corrected chi connectivity index (χ0v) is 19.5. The molecule has 1 fully saturated rings. The van der Waals surface area contributed by atoms with E-state index in [0.29, 0.717) is 0 Å². The van der Waals surface area contributed by atoms with Crippen molar-refractivity contribution in [3.63, 3.8) is 0 Å². The summed E-state index contributed by atoms with van der Waals surface area (Å²) in [6, 6.07) is 0. The number of halogens is 2. The van der Waals surface area contributed by atoms with Crippen LogP contribution >= 0.6 is 41.8 Å². The summed E-state index contributed by atoms with van der Waals surface area (Å²) in [4.78, 5) is 43.0. The average molecular weight is 594 g/mol. The molecule has 0 radical (unpaired) electrons. The van der Waals surface area contributed by atoms with Crippen molar-refractivity contribution >= 4 is 64.7 Å². The summed E-state index contributed by atoms with van der Waals surface area (Å²) in [6.45, 7) is 0.654. The Labute approximate surface area is 193 Å². The second kappa shape index (κ2) is 8.99. The van der Waals surface area contributed by atoms with Gasteiger partial charge in [-0.2, -0.15) is 9.97 Å². The molecule has 0 aliphatic carbocycles.